The van der Waals surface area contributed by atoms with Crippen molar-refractivity contribution in [2.75, 3.05) is 11.9 Å². The molecule has 0 aliphatic heterocycles. The highest BCUT2D eigenvalue weighted by Gasteiger charge is 2.07. The van der Waals surface area contributed by atoms with Gasteiger partial charge in [0.1, 0.15) is 0 Å². The van der Waals surface area contributed by atoms with Crippen molar-refractivity contribution < 1.29 is 9.59 Å². The fourth-order valence-electron chi connectivity index (χ4n) is 2.48. The van der Waals surface area contributed by atoms with Gasteiger partial charge < -0.3 is 15.2 Å². The molecule has 112 valence electrons. The maximum Gasteiger partial charge on any atom is 0.226 e. The number of hydrogen-bond donors (Lipinski definition) is 2. The number of rotatable bonds is 5. The lowest BCUT2D eigenvalue weighted by Crippen LogP contribution is -2.25. The highest BCUT2D eigenvalue weighted by Crippen LogP contribution is 2.23. The Morgan fingerprint density at radius 2 is 2.00 bits per heavy atom. The summed E-state index contributed by atoms with van der Waals surface area (Å²) in [6, 6.07) is 8.02. The first-order chi connectivity index (χ1) is 10.0. The van der Waals surface area contributed by atoms with Crippen LogP contribution in [-0.4, -0.2) is 22.9 Å². The summed E-state index contributed by atoms with van der Waals surface area (Å²) in [5, 5.41) is 6.58. The number of benzene rings is 1. The second-order valence-corrected chi connectivity index (χ2v) is 5.08. The van der Waals surface area contributed by atoms with E-state index in [1.54, 1.807) is 0 Å². The molecule has 0 aliphatic carbocycles. The molecule has 2 amide bonds. The summed E-state index contributed by atoms with van der Waals surface area (Å²) in [6.45, 7) is 6.92. The Balaban J connectivity index is 2.06. The van der Waals surface area contributed by atoms with Crippen LogP contribution in [0.2, 0.25) is 0 Å². The van der Waals surface area contributed by atoms with Gasteiger partial charge in [-0.2, -0.15) is 0 Å². The topological polar surface area (TPSA) is 63.1 Å². The first-order valence-electron chi connectivity index (χ1n) is 7.15. The molecule has 0 unspecified atom stereocenters. The number of nitrogens with one attached hydrogen (secondary N) is 2. The number of nitrogens with zero attached hydrogens (tertiary/aromatic N) is 1. The Morgan fingerprint density at radius 3 is 2.67 bits per heavy atom. The molecule has 0 spiro atoms. The van der Waals surface area contributed by atoms with Gasteiger partial charge in [-0.15, -0.1) is 0 Å². The average molecular weight is 287 g/mol. The number of aryl methyl sites for hydroxylation is 2. The van der Waals surface area contributed by atoms with E-state index in [2.05, 4.69) is 35.1 Å². The Labute approximate surface area is 124 Å². The van der Waals surface area contributed by atoms with Gasteiger partial charge in [-0.25, -0.2) is 0 Å². The van der Waals surface area contributed by atoms with Gasteiger partial charge in [0, 0.05) is 48.7 Å². The number of aromatic nitrogens is 1. The zero-order valence-electron chi connectivity index (χ0n) is 12.7. The van der Waals surface area contributed by atoms with Gasteiger partial charge in [0.05, 0.1) is 0 Å². The maximum absolute atomic E-state index is 11.8. The lowest BCUT2D eigenvalue weighted by Gasteiger charge is -2.07. The molecule has 2 rings (SSSR count). The van der Waals surface area contributed by atoms with Crippen LogP contribution in [0.25, 0.3) is 10.9 Å². The van der Waals surface area contributed by atoms with Crippen LogP contribution < -0.4 is 10.6 Å². The quantitative estimate of drug-likeness (QED) is 0.887. The Hall–Kier alpha value is -2.30. The Bertz CT molecular complexity index is 673. The summed E-state index contributed by atoms with van der Waals surface area (Å²) in [4.78, 5) is 22.5. The van der Waals surface area contributed by atoms with Crippen LogP contribution in [0.15, 0.2) is 24.3 Å². The molecule has 0 fully saturated rings. The van der Waals surface area contributed by atoms with E-state index >= 15 is 0 Å². The second-order valence-electron chi connectivity index (χ2n) is 5.08. The summed E-state index contributed by atoms with van der Waals surface area (Å²) in [7, 11) is 0. The molecule has 0 bridgehead atoms. The minimum Gasteiger partial charge on any atom is -0.356 e. The number of fused-ring (bicyclic) bond motifs is 1. The molecule has 0 saturated carbocycles. The van der Waals surface area contributed by atoms with Gasteiger partial charge in [-0.1, -0.05) is 0 Å². The molecule has 1 aromatic carbocycles. The molecule has 5 nitrogen and oxygen atoms in total. The van der Waals surface area contributed by atoms with Crippen LogP contribution in [0.3, 0.4) is 0 Å². The van der Waals surface area contributed by atoms with E-state index < -0.39 is 0 Å². The van der Waals surface area contributed by atoms with E-state index in [0.717, 1.165) is 17.6 Å². The molecule has 1 heterocycles. The molecule has 0 saturated heterocycles. The van der Waals surface area contributed by atoms with Crippen molar-refractivity contribution in [1.82, 2.24) is 9.88 Å². The van der Waals surface area contributed by atoms with Gasteiger partial charge in [0.2, 0.25) is 11.8 Å². The average Bonchev–Trinajstić information content (AvgIpc) is 2.72. The zero-order chi connectivity index (χ0) is 15.4. The van der Waals surface area contributed by atoms with Gasteiger partial charge in [-0.05, 0) is 38.1 Å². The van der Waals surface area contributed by atoms with E-state index in [1.807, 2.05) is 18.2 Å². The van der Waals surface area contributed by atoms with Gasteiger partial charge in [-0.3, -0.25) is 9.59 Å². The first kappa shape index (κ1) is 15.1. The predicted molar refractivity (Wildman–Crippen MR) is 84.3 cm³/mol. The van der Waals surface area contributed by atoms with E-state index in [9.17, 15) is 9.59 Å². The lowest BCUT2D eigenvalue weighted by molar-refractivity contribution is -0.119. The summed E-state index contributed by atoms with van der Waals surface area (Å²) >= 11 is 0. The molecule has 1 aromatic heterocycles. The Morgan fingerprint density at radius 1 is 1.24 bits per heavy atom. The molecule has 0 radical (unpaired) electrons. The third-order valence-corrected chi connectivity index (χ3v) is 3.43. The van der Waals surface area contributed by atoms with Crippen molar-refractivity contribution in [2.45, 2.75) is 33.7 Å². The smallest absolute Gasteiger partial charge is 0.226 e. The Kier molecular flexibility index (Phi) is 4.62. The van der Waals surface area contributed by atoms with Crippen LogP contribution in [0, 0.1) is 6.92 Å². The maximum atomic E-state index is 11.8. The normalized spacial score (nSPS) is 10.6. The number of carbonyl (C=O) groups excluding carboxylic acids is 2. The summed E-state index contributed by atoms with van der Waals surface area (Å²) in [5.74, 6) is -0.227. The molecule has 21 heavy (non-hydrogen) atoms. The fourth-order valence-corrected chi connectivity index (χ4v) is 2.48. The molecule has 2 aromatic rings. The van der Waals surface area contributed by atoms with Crippen molar-refractivity contribution in [2.24, 2.45) is 0 Å². The largest absolute Gasteiger partial charge is 0.356 e. The summed E-state index contributed by atoms with van der Waals surface area (Å²) < 4.78 is 2.23. The zero-order valence-corrected chi connectivity index (χ0v) is 12.7. The van der Waals surface area contributed by atoms with Crippen molar-refractivity contribution in [3.63, 3.8) is 0 Å². The van der Waals surface area contributed by atoms with Crippen LogP contribution in [0.1, 0.15) is 26.0 Å². The van der Waals surface area contributed by atoms with Crippen LogP contribution >= 0.6 is 0 Å². The minimum atomic E-state index is -0.124. The molecule has 5 heteroatoms. The van der Waals surface area contributed by atoms with Crippen LogP contribution in [0.5, 0.6) is 0 Å². The monoisotopic (exact) mass is 287 g/mol. The number of anilines is 1. The highest BCUT2D eigenvalue weighted by molar-refractivity contribution is 5.94. The van der Waals surface area contributed by atoms with Crippen molar-refractivity contribution in [3.8, 4) is 0 Å². The van der Waals surface area contributed by atoms with Gasteiger partial charge >= 0.3 is 0 Å². The van der Waals surface area contributed by atoms with Crippen molar-refractivity contribution >= 4 is 28.4 Å². The van der Waals surface area contributed by atoms with E-state index in [4.69, 9.17) is 0 Å². The number of carbonyl (C=O) groups is 2. The van der Waals surface area contributed by atoms with E-state index in [1.165, 1.54) is 18.1 Å². The fraction of sp³-hybridized carbons (Fsp3) is 0.375. The van der Waals surface area contributed by atoms with Gasteiger partial charge in [0.15, 0.2) is 0 Å². The van der Waals surface area contributed by atoms with Crippen molar-refractivity contribution in [1.29, 1.82) is 0 Å². The highest BCUT2D eigenvalue weighted by atomic mass is 16.2. The molecule has 2 N–H and O–H groups in total. The van der Waals surface area contributed by atoms with Gasteiger partial charge in [0.25, 0.3) is 0 Å². The lowest BCUT2D eigenvalue weighted by atomic mass is 10.2. The molecule has 0 aliphatic rings. The third kappa shape index (κ3) is 3.62. The third-order valence-electron chi connectivity index (χ3n) is 3.43. The second kappa shape index (κ2) is 6.43. The molecular formula is C16H21N3O2. The van der Waals surface area contributed by atoms with Crippen LogP contribution in [0.4, 0.5) is 5.69 Å². The van der Waals surface area contributed by atoms with E-state index in [0.29, 0.717) is 6.54 Å². The predicted octanol–water partition coefficient (Wildman–Crippen LogP) is 2.43. The molecule has 0 atom stereocenters. The van der Waals surface area contributed by atoms with Crippen LogP contribution in [-0.2, 0) is 16.1 Å². The summed E-state index contributed by atoms with van der Waals surface area (Å²) in [5.41, 5.74) is 3.16. The summed E-state index contributed by atoms with van der Waals surface area (Å²) in [6.07, 6.45) is 0.270. The molecular weight excluding hydrogens is 266 g/mol. The number of amides is 2. The standard InChI is InChI=1S/C16H21N3O2/c1-4-19-11(2)9-13-10-14(5-6-15(13)19)18-16(21)7-8-17-12(3)20/h5-6,9-10H,4,7-8H2,1-3H3,(H,17,20)(H,18,21). The first-order valence-corrected chi connectivity index (χ1v) is 7.15. The van der Waals surface area contributed by atoms with Crippen molar-refractivity contribution in [3.05, 3.63) is 30.0 Å². The minimum absolute atomic E-state index is 0.102. The van der Waals surface area contributed by atoms with E-state index in [-0.39, 0.29) is 18.2 Å². The number of hydrogen-bond acceptors (Lipinski definition) is 2. The SMILES string of the molecule is CCn1c(C)cc2cc(NC(=O)CCNC(C)=O)ccc21.